The van der Waals surface area contributed by atoms with Crippen molar-refractivity contribution in [1.29, 1.82) is 0 Å². The van der Waals surface area contributed by atoms with Gasteiger partial charge in [-0.15, -0.1) is 0 Å². The van der Waals surface area contributed by atoms with Crippen LogP contribution in [-0.2, 0) is 16.0 Å². The van der Waals surface area contributed by atoms with E-state index >= 15 is 0 Å². The number of carbonyl (C=O) groups is 1. The third-order valence-electron chi connectivity index (χ3n) is 3.14. The third-order valence-corrected chi connectivity index (χ3v) is 3.14. The van der Waals surface area contributed by atoms with Gasteiger partial charge in [-0.3, -0.25) is 4.79 Å². The van der Waals surface area contributed by atoms with Gasteiger partial charge < -0.3 is 20.7 Å². The van der Waals surface area contributed by atoms with Crippen LogP contribution in [0.2, 0.25) is 0 Å². The second kappa shape index (κ2) is 10.6. The molecule has 6 heteroatoms. The molecule has 0 aliphatic rings. The fourth-order valence-electron chi connectivity index (χ4n) is 2.07. The van der Waals surface area contributed by atoms with Crippen molar-refractivity contribution in [3.63, 3.8) is 0 Å². The Morgan fingerprint density at radius 3 is 2.78 bits per heavy atom. The number of aryl methyl sites for hydroxylation is 1. The van der Waals surface area contributed by atoms with E-state index in [1.165, 1.54) is 5.56 Å². The van der Waals surface area contributed by atoms with E-state index in [1.54, 1.807) is 7.11 Å². The number of anilines is 1. The molecule has 0 fully saturated rings. The van der Waals surface area contributed by atoms with Crippen LogP contribution in [0.3, 0.4) is 0 Å². The summed E-state index contributed by atoms with van der Waals surface area (Å²) in [6, 6.07) is 7.95. The summed E-state index contributed by atoms with van der Waals surface area (Å²) in [5, 5.41) is 9.17. The molecule has 0 saturated carbocycles. The molecular weight excluding hydrogens is 292 g/mol. The number of nitrogens with one attached hydrogen (secondary N) is 3. The van der Waals surface area contributed by atoms with E-state index in [9.17, 15) is 4.79 Å². The molecule has 23 heavy (non-hydrogen) atoms. The van der Waals surface area contributed by atoms with Crippen LogP contribution in [0, 0.1) is 0 Å². The lowest BCUT2D eigenvalue weighted by atomic mass is 10.1. The summed E-state index contributed by atoms with van der Waals surface area (Å²) in [5.41, 5.74) is 1.99. The maximum atomic E-state index is 12.0. The minimum absolute atomic E-state index is 0.0609. The quantitative estimate of drug-likeness (QED) is 0.504. The third kappa shape index (κ3) is 7.65. The highest BCUT2D eigenvalue weighted by Crippen LogP contribution is 2.10. The molecule has 0 saturated heterocycles. The summed E-state index contributed by atoms with van der Waals surface area (Å²) in [7, 11) is 1.65. The molecule has 1 aromatic carbocycles. The molecule has 3 N–H and O–H groups in total. The SMILES string of the molecule is CCNC(=NCC(=O)Nc1cccc(CC)c1)NC(C)COC. The molecule has 0 radical (unpaired) electrons. The standard InChI is InChI=1S/C17H28N4O2/c1-5-14-8-7-9-15(10-14)21-16(22)11-19-17(18-6-2)20-13(3)12-23-4/h7-10,13H,5-6,11-12H2,1-4H3,(H,21,22)(H2,18,19,20). The fraction of sp³-hybridized carbons (Fsp3) is 0.529. The molecule has 128 valence electrons. The maximum Gasteiger partial charge on any atom is 0.246 e. The zero-order valence-corrected chi connectivity index (χ0v) is 14.5. The summed E-state index contributed by atoms with van der Waals surface area (Å²) in [6.07, 6.45) is 0.938. The average molecular weight is 320 g/mol. The summed E-state index contributed by atoms with van der Waals surface area (Å²) in [4.78, 5) is 16.3. The lowest BCUT2D eigenvalue weighted by Gasteiger charge is -2.16. The number of rotatable bonds is 8. The van der Waals surface area contributed by atoms with Crippen molar-refractivity contribution in [2.75, 3.05) is 32.1 Å². The molecule has 0 aromatic heterocycles. The van der Waals surface area contributed by atoms with Gasteiger partial charge in [0.1, 0.15) is 6.54 Å². The van der Waals surface area contributed by atoms with Gasteiger partial charge in [0.2, 0.25) is 5.91 Å². The predicted octanol–water partition coefficient (Wildman–Crippen LogP) is 1.78. The highest BCUT2D eigenvalue weighted by molar-refractivity contribution is 5.94. The monoisotopic (exact) mass is 320 g/mol. The van der Waals surface area contributed by atoms with Gasteiger partial charge in [-0.1, -0.05) is 19.1 Å². The number of aliphatic imine (C=N–C) groups is 1. The number of guanidine groups is 1. The van der Waals surface area contributed by atoms with Gasteiger partial charge in [-0.05, 0) is 38.0 Å². The van der Waals surface area contributed by atoms with Crippen LogP contribution in [-0.4, -0.2) is 44.7 Å². The second-order valence-electron chi connectivity index (χ2n) is 5.30. The number of amides is 1. The topological polar surface area (TPSA) is 74.8 Å². The Morgan fingerprint density at radius 2 is 2.13 bits per heavy atom. The van der Waals surface area contributed by atoms with E-state index in [2.05, 4.69) is 27.9 Å². The molecule has 0 aliphatic carbocycles. The first-order valence-corrected chi connectivity index (χ1v) is 8.01. The van der Waals surface area contributed by atoms with Gasteiger partial charge in [0.15, 0.2) is 5.96 Å². The minimum atomic E-state index is -0.144. The Morgan fingerprint density at radius 1 is 1.35 bits per heavy atom. The summed E-state index contributed by atoms with van der Waals surface area (Å²) >= 11 is 0. The van der Waals surface area contributed by atoms with Crippen LogP contribution in [0.15, 0.2) is 29.3 Å². The number of methoxy groups -OCH3 is 1. The van der Waals surface area contributed by atoms with E-state index in [0.29, 0.717) is 12.6 Å². The first kappa shape index (κ1) is 19.0. The second-order valence-corrected chi connectivity index (χ2v) is 5.30. The normalized spacial score (nSPS) is 12.6. The van der Waals surface area contributed by atoms with Crippen LogP contribution in [0.5, 0.6) is 0 Å². The van der Waals surface area contributed by atoms with Gasteiger partial charge in [-0.2, -0.15) is 0 Å². The Labute approximate surface area is 138 Å². The Hall–Kier alpha value is -2.08. The number of hydrogen-bond acceptors (Lipinski definition) is 3. The highest BCUT2D eigenvalue weighted by atomic mass is 16.5. The largest absolute Gasteiger partial charge is 0.383 e. The Balaban J connectivity index is 2.58. The molecule has 0 spiro atoms. The fourth-order valence-corrected chi connectivity index (χ4v) is 2.07. The lowest BCUT2D eigenvalue weighted by molar-refractivity contribution is -0.114. The van der Waals surface area contributed by atoms with Gasteiger partial charge in [0.25, 0.3) is 0 Å². The van der Waals surface area contributed by atoms with Crippen molar-refractivity contribution in [1.82, 2.24) is 10.6 Å². The van der Waals surface area contributed by atoms with Crippen LogP contribution in [0.25, 0.3) is 0 Å². The highest BCUT2D eigenvalue weighted by Gasteiger charge is 2.06. The minimum Gasteiger partial charge on any atom is -0.383 e. The molecular formula is C17H28N4O2. The predicted molar refractivity (Wildman–Crippen MR) is 94.9 cm³/mol. The van der Waals surface area contributed by atoms with Crippen LogP contribution in [0.1, 0.15) is 26.3 Å². The van der Waals surface area contributed by atoms with Crippen molar-refractivity contribution in [3.05, 3.63) is 29.8 Å². The van der Waals surface area contributed by atoms with Crippen molar-refractivity contribution in [2.45, 2.75) is 33.2 Å². The number of carbonyl (C=O) groups excluding carboxylic acids is 1. The van der Waals surface area contributed by atoms with Crippen LogP contribution >= 0.6 is 0 Å². The molecule has 0 heterocycles. The van der Waals surface area contributed by atoms with Crippen molar-refractivity contribution < 1.29 is 9.53 Å². The first-order chi connectivity index (χ1) is 11.1. The van der Waals surface area contributed by atoms with E-state index in [0.717, 1.165) is 18.7 Å². The van der Waals surface area contributed by atoms with Crippen molar-refractivity contribution in [3.8, 4) is 0 Å². The zero-order chi connectivity index (χ0) is 17.1. The van der Waals surface area contributed by atoms with Gasteiger partial charge in [0.05, 0.1) is 6.61 Å². The number of benzene rings is 1. The van der Waals surface area contributed by atoms with E-state index in [-0.39, 0.29) is 18.5 Å². The molecule has 0 aliphatic heterocycles. The van der Waals surface area contributed by atoms with Crippen LogP contribution < -0.4 is 16.0 Å². The molecule has 0 bridgehead atoms. The zero-order valence-electron chi connectivity index (χ0n) is 14.5. The first-order valence-electron chi connectivity index (χ1n) is 8.01. The van der Waals surface area contributed by atoms with Gasteiger partial charge >= 0.3 is 0 Å². The summed E-state index contributed by atoms with van der Waals surface area (Å²) < 4.78 is 5.08. The summed E-state index contributed by atoms with van der Waals surface area (Å²) in [5.74, 6) is 0.462. The van der Waals surface area contributed by atoms with Crippen molar-refractivity contribution in [2.24, 2.45) is 4.99 Å². The van der Waals surface area contributed by atoms with Gasteiger partial charge in [0, 0.05) is 25.4 Å². The maximum absolute atomic E-state index is 12.0. The molecule has 1 rings (SSSR count). The number of nitrogens with zero attached hydrogens (tertiary/aromatic N) is 1. The molecule has 1 unspecified atom stereocenters. The van der Waals surface area contributed by atoms with E-state index in [4.69, 9.17) is 4.74 Å². The number of hydrogen-bond donors (Lipinski definition) is 3. The molecule has 1 amide bonds. The Bertz CT molecular complexity index is 517. The molecule has 1 atom stereocenters. The molecule has 6 nitrogen and oxygen atoms in total. The Kier molecular flexibility index (Phi) is 8.75. The lowest BCUT2D eigenvalue weighted by Crippen LogP contribution is -2.44. The smallest absolute Gasteiger partial charge is 0.246 e. The number of ether oxygens (including phenoxy) is 1. The van der Waals surface area contributed by atoms with E-state index < -0.39 is 0 Å². The summed E-state index contributed by atoms with van der Waals surface area (Å²) in [6.45, 7) is 7.42. The average Bonchev–Trinajstić information content (AvgIpc) is 2.53. The van der Waals surface area contributed by atoms with Crippen molar-refractivity contribution >= 4 is 17.6 Å². The van der Waals surface area contributed by atoms with E-state index in [1.807, 2.05) is 38.1 Å². The van der Waals surface area contributed by atoms with Crippen LogP contribution in [0.4, 0.5) is 5.69 Å². The van der Waals surface area contributed by atoms with Gasteiger partial charge in [-0.25, -0.2) is 4.99 Å². The molecule has 1 aromatic rings.